The highest BCUT2D eigenvalue weighted by Crippen LogP contribution is 2.36. The maximum Gasteiger partial charge on any atom is 0.162 e. The van der Waals surface area contributed by atoms with Gasteiger partial charge in [0, 0.05) is 24.4 Å². The maximum absolute atomic E-state index is 13.5. The number of anilines is 1. The first-order valence-corrected chi connectivity index (χ1v) is 10.1. The van der Waals surface area contributed by atoms with Crippen molar-refractivity contribution in [3.63, 3.8) is 0 Å². The molecule has 2 rings (SSSR count). The van der Waals surface area contributed by atoms with Gasteiger partial charge in [-0.1, -0.05) is 32.4 Å². The zero-order chi connectivity index (χ0) is 22.3. The predicted molar refractivity (Wildman–Crippen MR) is 124 cm³/mol. The van der Waals surface area contributed by atoms with E-state index in [-0.39, 0.29) is 10.4 Å². The molecule has 2 aromatic carbocycles. The van der Waals surface area contributed by atoms with Gasteiger partial charge >= 0.3 is 0 Å². The molecule has 0 saturated heterocycles. The Morgan fingerprint density at radius 1 is 1.20 bits per heavy atom. The van der Waals surface area contributed by atoms with Crippen LogP contribution in [0.25, 0.3) is 0 Å². The molecule has 0 radical (unpaired) electrons. The minimum atomic E-state index is -0.485. The molecular weight excluding hydrogens is 405 g/mol. The zero-order valence-corrected chi connectivity index (χ0v) is 18.9. The molecule has 0 aliphatic heterocycles. The summed E-state index contributed by atoms with van der Waals surface area (Å²) in [6.07, 6.45) is 1.97. The number of hydrogen-bond acceptors (Lipinski definition) is 4. The molecule has 0 aromatic heterocycles. The van der Waals surface area contributed by atoms with Gasteiger partial charge in [-0.15, -0.1) is 0 Å². The van der Waals surface area contributed by atoms with Crippen molar-refractivity contribution in [2.24, 2.45) is 15.4 Å². The van der Waals surface area contributed by atoms with Crippen molar-refractivity contribution in [2.75, 3.05) is 26.1 Å². The average Bonchev–Trinajstić information content (AvgIpc) is 2.70. The van der Waals surface area contributed by atoms with Gasteiger partial charge in [0.2, 0.25) is 0 Å². The van der Waals surface area contributed by atoms with Crippen LogP contribution in [0.2, 0.25) is 5.02 Å². The zero-order valence-electron chi connectivity index (χ0n) is 18.2. The summed E-state index contributed by atoms with van der Waals surface area (Å²) in [4.78, 5) is 8.42. The van der Waals surface area contributed by atoms with E-state index >= 15 is 0 Å². The molecule has 30 heavy (non-hydrogen) atoms. The summed E-state index contributed by atoms with van der Waals surface area (Å²) >= 11 is 5.89. The van der Waals surface area contributed by atoms with Crippen LogP contribution in [-0.4, -0.2) is 33.3 Å². The molecule has 0 amide bonds. The van der Waals surface area contributed by atoms with E-state index in [1.807, 2.05) is 6.07 Å². The predicted octanol–water partition coefficient (Wildman–Crippen LogP) is 6.51. The quantitative estimate of drug-likeness (QED) is 0.293. The van der Waals surface area contributed by atoms with Gasteiger partial charge in [0.1, 0.15) is 11.7 Å². The molecule has 0 aliphatic rings. The average molecular weight is 434 g/mol. The molecule has 2 aromatic rings. The van der Waals surface area contributed by atoms with Crippen LogP contribution in [0.1, 0.15) is 39.2 Å². The van der Waals surface area contributed by atoms with Gasteiger partial charge in [-0.2, -0.15) is 0 Å². The number of benzene rings is 2. The number of rotatable bonds is 8. The molecule has 0 aliphatic carbocycles. The fourth-order valence-corrected chi connectivity index (χ4v) is 3.06. The summed E-state index contributed by atoms with van der Waals surface area (Å²) in [6, 6.07) is 7.95. The number of halogens is 2. The van der Waals surface area contributed by atoms with Gasteiger partial charge < -0.3 is 14.8 Å². The smallest absolute Gasteiger partial charge is 0.162 e. The SMILES string of the molecule is C=Nc1cc(OC)c(OCCCC(C)(C)C)cc1C(=NC)Nc1ccc(F)c(Cl)c1. The highest BCUT2D eigenvalue weighted by Gasteiger charge is 2.17. The molecule has 0 bridgehead atoms. The number of amidine groups is 1. The Morgan fingerprint density at radius 3 is 2.50 bits per heavy atom. The van der Waals surface area contributed by atoms with E-state index in [0.29, 0.717) is 40.9 Å². The molecule has 0 fully saturated rings. The third-order valence-electron chi connectivity index (χ3n) is 4.44. The van der Waals surface area contributed by atoms with Gasteiger partial charge in [0.05, 0.1) is 24.4 Å². The Labute approximate surface area is 183 Å². The molecule has 0 heterocycles. The van der Waals surface area contributed by atoms with Crippen molar-refractivity contribution < 1.29 is 13.9 Å². The lowest BCUT2D eigenvalue weighted by molar-refractivity contribution is 0.258. The topological polar surface area (TPSA) is 55.2 Å². The summed E-state index contributed by atoms with van der Waals surface area (Å²) in [5, 5.41) is 3.18. The van der Waals surface area contributed by atoms with E-state index in [4.69, 9.17) is 21.1 Å². The van der Waals surface area contributed by atoms with E-state index < -0.39 is 5.82 Å². The number of nitrogens with zero attached hydrogens (tertiary/aromatic N) is 2. The van der Waals surface area contributed by atoms with Gasteiger partial charge in [0.15, 0.2) is 11.5 Å². The number of methoxy groups -OCH3 is 1. The normalized spacial score (nSPS) is 11.9. The van der Waals surface area contributed by atoms with Crippen LogP contribution in [0.5, 0.6) is 11.5 Å². The van der Waals surface area contributed by atoms with Crippen molar-refractivity contribution in [1.29, 1.82) is 0 Å². The van der Waals surface area contributed by atoms with Crippen LogP contribution in [0, 0.1) is 11.2 Å². The molecule has 162 valence electrons. The standard InChI is InChI=1S/C23H29ClFN3O2/c1-23(2,3)10-7-11-30-21-13-16(19(26-4)14-20(21)29-6)22(27-5)28-15-8-9-18(25)17(24)12-15/h8-9,12-14H,4,7,10-11H2,1-3,5-6H3,(H,27,28). The second kappa shape index (κ2) is 10.4. The lowest BCUT2D eigenvalue weighted by Crippen LogP contribution is -2.15. The van der Waals surface area contributed by atoms with Crippen LogP contribution in [-0.2, 0) is 0 Å². The van der Waals surface area contributed by atoms with Crippen LogP contribution in [0.3, 0.4) is 0 Å². The Bertz CT molecular complexity index is 923. The lowest BCUT2D eigenvalue weighted by atomic mass is 9.91. The number of nitrogens with one attached hydrogen (secondary N) is 1. The Balaban J connectivity index is 2.31. The lowest BCUT2D eigenvalue weighted by Gasteiger charge is -2.19. The van der Waals surface area contributed by atoms with Crippen molar-refractivity contribution in [3.05, 3.63) is 46.7 Å². The van der Waals surface area contributed by atoms with E-state index in [2.05, 4.69) is 42.8 Å². The fraction of sp³-hybridized carbons (Fsp3) is 0.391. The summed E-state index contributed by atoms with van der Waals surface area (Å²) in [7, 11) is 3.23. The summed E-state index contributed by atoms with van der Waals surface area (Å²) < 4.78 is 24.9. The van der Waals surface area contributed by atoms with Crippen LogP contribution in [0.15, 0.2) is 40.3 Å². The molecule has 0 unspecified atom stereocenters. The van der Waals surface area contributed by atoms with Gasteiger partial charge in [-0.25, -0.2) is 4.39 Å². The van der Waals surface area contributed by atoms with Crippen LogP contribution >= 0.6 is 11.6 Å². The molecule has 0 spiro atoms. The second-order valence-corrected chi connectivity index (χ2v) is 8.42. The van der Waals surface area contributed by atoms with Crippen LogP contribution < -0.4 is 14.8 Å². The minimum Gasteiger partial charge on any atom is -0.493 e. The monoisotopic (exact) mass is 433 g/mol. The van der Waals surface area contributed by atoms with E-state index in [1.165, 1.54) is 12.1 Å². The third-order valence-corrected chi connectivity index (χ3v) is 4.73. The second-order valence-electron chi connectivity index (χ2n) is 8.02. The fourth-order valence-electron chi connectivity index (χ4n) is 2.88. The molecule has 5 nitrogen and oxygen atoms in total. The van der Waals surface area contributed by atoms with E-state index in [1.54, 1.807) is 26.3 Å². The van der Waals surface area contributed by atoms with Gasteiger partial charge in [-0.3, -0.25) is 9.98 Å². The molecule has 7 heteroatoms. The van der Waals surface area contributed by atoms with Crippen molar-refractivity contribution in [1.82, 2.24) is 0 Å². The highest BCUT2D eigenvalue weighted by atomic mass is 35.5. The third kappa shape index (κ3) is 6.46. The van der Waals surface area contributed by atoms with Gasteiger partial charge in [0.25, 0.3) is 0 Å². The first-order valence-electron chi connectivity index (χ1n) is 9.69. The van der Waals surface area contributed by atoms with Crippen molar-refractivity contribution >= 4 is 35.5 Å². The van der Waals surface area contributed by atoms with Crippen molar-refractivity contribution in [2.45, 2.75) is 33.6 Å². The van der Waals surface area contributed by atoms with E-state index in [9.17, 15) is 4.39 Å². The summed E-state index contributed by atoms with van der Waals surface area (Å²) in [5.74, 6) is 1.19. The molecular formula is C23H29ClFN3O2. The number of hydrogen-bond donors (Lipinski definition) is 1. The van der Waals surface area contributed by atoms with Gasteiger partial charge in [-0.05, 0) is 49.2 Å². The largest absolute Gasteiger partial charge is 0.493 e. The first kappa shape index (κ1) is 23.7. The summed E-state index contributed by atoms with van der Waals surface area (Å²) in [6.45, 7) is 10.8. The van der Waals surface area contributed by atoms with E-state index in [0.717, 1.165) is 12.8 Å². The molecule has 1 N–H and O–H groups in total. The molecule has 0 saturated carbocycles. The first-order chi connectivity index (χ1) is 14.2. The minimum absolute atomic E-state index is 0.0233. The highest BCUT2D eigenvalue weighted by molar-refractivity contribution is 6.31. The number of aliphatic imine (C=N–C) groups is 2. The van der Waals surface area contributed by atoms with Crippen molar-refractivity contribution in [3.8, 4) is 11.5 Å². The maximum atomic E-state index is 13.5. The Hall–Kier alpha value is -2.60. The Kier molecular flexibility index (Phi) is 8.24. The Morgan fingerprint density at radius 2 is 1.93 bits per heavy atom. The summed E-state index contributed by atoms with van der Waals surface area (Å²) in [5.41, 5.74) is 2.10. The van der Waals surface area contributed by atoms with Crippen LogP contribution in [0.4, 0.5) is 15.8 Å². The number of ether oxygens (including phenoxy) is 2. The molecule has 0 atom stereocenters.